The molecule has 1 aliphatic carbocycles. The highest BCUT2D eigenvalue weighted by molar-refractivity contribution is 8.00. The molecule has 1 N–H and O–H groups in total. The minimum Gasteiger partial charge on any atom is -0.342 e. The van der Waals surface area contributed by atoms with Gasteiger partial charge in [0.25, 0.3) is 5.91 Å². The van der Waals surface area contributed by atoms with Gasteiger partial charge in [-0.15, -0.1) is 11.8 Å². The van der Waals surface area contributed by atoms with Gasteiger partial charge < -0.3 is 10.2 Å². The molecule has 0 saturated heterocycles. The molecule has 2 amide bonds. The van der Waals surface area contributed by atoms with Crippen molar-refractivity contribution in [2.75, 3.05) is 18.1 Å². The molecule has 0 radical (unpaired) electrons. The van der Waals surface area contributed by atoms with Gasteiger partial charge in [-0.3, -0.25) is 9.59 Å². The number of thioether (sulfide) groups is 1. The van der Waals surface area contributed by atoms with E-state index in [0.717, 1.165) is 17.7 Å². The van der Waals surface area contributed by atoms with E-state index in [2.05, 4.69) is 5.32 Å². The van der Waals surface area contributed by atoms with E-state index < -0.39 is 5.82 Å². The fourth-order valence-electron chi connectivity index (χ4n) is 3.47. The molecule has 7 heteroatoms. The maximum atomic E-state index is 13.3. The lowest BCUT2D eigenvalue weighted by Gasteiger charge is -2.31. The van der Waals surface area contributed by atoms with E-state index in [0.29, 0.717) is 17.3 Å². The van der Waals surface area contributed by atoms with Crippen LogP contribution in [0.4, 0.5) is 10.1 Å². The molecule has 3 rings (SSSR count). The molecule has 0 spiro atoms. The number of nitrogens with one attached hydrogen (secondary N) is 1. The first-order chi connectivity index (χ1) is 14.0. The summed E-state index contributed by atoms with van der Waals surface area (Å²) in [5.41, 5.74) is 0.875. The summed E-state index contributed by atoms with van der Waals surface area (Å²) in [5.74, 6) is -0.521. The summed E-state index contributed by atoms with van der Waals surface area (Å²) >= 11 is 7.13. The summed E-state index contributed by atoms with van der Waals surface area (Å²) < 4.78 is 13.3. The van der Waals surface area contributed by atoms with Gasteiger partial charge in [0.05, 0.1) is 16.3 Å². The van der Waals surface area contributed by atoms with Gasteiger partial charge >= 0.3 is 0 Å². The molecule has 0 aromatic heterocycles. The van der Waals surface area contributed by atoms with Gasteiger partial charge in [0.15, 0.2) is 0 Å². The second-order valence-corrected chi connectivity index (χ2v) is 8.59. The molecule has 0 bridgehead atoms. The Labute approximate surface area is 179 Å². The Morgan fingerprint density at radius 3 is 2.62 bits per heavy atom. The zero-order valence-electron chi connectivity index (χ0n) is 16.3. The molecule has 0 heterocycles. The number of benzene rings is 2. The molecule has 2 aromatic rings. The first-order valence-electron chi connectivity index (χ1n) is 9.69. The van der Waals surface area contributed by atoms with Crippen LogP contribution in [0.15, 0.2) is 47.4 Å². The minimum atomic E-state index is -0.541. The monoisotopic (exact) mass is 434 g/mol. The van der Waals surface area contributed by atoms with Gasteiger partial charge in [-0.25, -0.2) is 4.39 Å². The zero-order valence-corrected chi connectivity index (χ0v) is 17.9. The Bertz CT molecular complexity index is 887. The van der Waals surface area contributed by atoms with Crippen LogP contribution in [-0.4, -0.2) is 35.6 Å². The highest BCUT2D eigenvalue weighted by Gasteiger charge is 2.22. The van der Waals surface area contributed by atoms with Crippen molar-refractivity contribution < 1.29 is 14.0 Å². The molecule has 154 valence electrons. The summed E-state index contributed by atoms with van der Waals surface area (Å²) in [6, 6.07) is 11.5. The fraction of sp³-hybridized carbons (Fsp3) is 0.364. The SMILES string of the molecule is CN(C(=O)CSc1ccccc1C(=O)Nc1ccc(F)c(Cl)c1)C1CCCCC1. The number of amides is 2. The van der Waals surface area contributed by atoms with E-state index in [-0.39, 0.29) is 22.6 Å². The summed E-state index contributed by atoms with van der Waals surface area (Å²) in [7, 11) is 1.87. The van der Waals surface area contributed by atoms with E-state index in [4.69, 9.17) is 11.6 Å². The van der Waals surface area contributed by atoms with Crippen molar-refractivity contribution in [3.8, 4) is 0 Å². The van der Waals surface area contributed by atoms with Crippen molar-refractivity contribution in [3.05, 3.63) is 58.9 Å². The topological polar surface area (TPSA) is 49.4 Å². The van der Waals surface area contributed by atoms with Crippen LogP contribution in [0.1, 0.15) is 42.5 Å². The normalized spacial score (nSPS) is 14.4. The van der Waals surface area contributed by atoms with Crippen LogP contribution >= 0.6 is 23.4 Å². The molecule has 1 fully saturated rings. The summed E-state index contributed by atoms with van der Waals surface area (Å²) in [6.07, 6.45) is 5.71. The standard InChI is InChI=1S/C22H24ClFN2O2S/c1-26(16-7-3-2-4-8-16)21(27)14-29-20-10-6-5-9-17(20)22(28)25-15-11-12-19(24)18(23)13-15/h5-6,9-13,16H,2-4,7-8,14H2,1H3,(H,25,28). The largest absolute Gasteiger partial charge is 0.342 e. The minimum absolute atomic E-state index is 0.0539. The number of hydrogen-bond donors (Lipinski definition) is 1. The quantitative estimate of drug-likeness (QED) is 0.600. The molecule has 0 unspecified atom stereocenters. The summed E-state index contributed by atoms with van der Waals surface area (Å²) in [4.78, 5) is 27.9. The molecule has 0 atom stereocenters. The number of nitrogens with zero attached hydrogens (tertiary/aromatic N) is 1. The van der Waals surface area contributed by atoms with Crippen LogP contribution in [0, 0.1) is 5.82 Å². The van der Waals surface area contributed by atoms with Crippen LogP contribution < -0.4 is 5.32 Å². The predicted octanol–water partition coefficient (Wildman–Crippen LogP) is 5.61. The Hall–Kier alpha value is -2.05. The molecule has 4 nitrogen and oxygen atoms in total. The Morgan fingerprint density at radius 1 is 1.17 bits per heavy atom. The van der Waals surface area contributed by atoms with Crippen molar-refractivity contribution in [2.45, 2.75) is 43.0 Å². The molecule has 1 saturated carbocycles. The van der Waals surface area contributed by atoms with Gasteiger partial charge in [-0.1, -0.05) is 43.0 Å². The van der Waals surface area contributed by atoms with Crippen LogP contribution in [-0.2, 0) is 4.79 Å². The number of hydrogen-bond acceptors (Lipinski definition) is 3. The number of rotatable bonds is 6. The van der Waals surface area contributed by atoms with Gasteiger partial charge in [0.2, 0.25) is 5.91 Å². The number of anilines is 1. The summed E-state index contributed by atoms with van der Waals surface area (Å²) in [6.45, 7) is 0. The van der Waals surface area contributed by atoms with E-state index >= 15 is 0 Å². The maximum absolute atomic E-state index is 13.3. The van der Waals surface area contributed by atoms with Crippen LogP contribution in [0.3, 0.4) is 0 Å². The molecular formula is C22H24ClFN2O2S. The van der Waals surface area contributed by atoms with Crippen LogP contribution in [0.25, 0.3) is 0 Å². The fourth-order valence-corrected chi connectivity index (χ4v) is 4.62. The Kier molecular flexibility index (Phi) is 7.56. The van der Waals surface area contributed by atoms with Crippen molar-refractivity contribution >= 4 is 40.9 Å². The molecule has 0 aliphatic heterocycles. The first kappa shape index (κ1) is 21.7. The smallest absolute Gasteiger partial charge is 0.256 e. The third-order valence-corrected chi connectivity index (χ3v) is 6.52. The second kappa shape index (κ2) is 10.1. The van der Waals surface area contributed by atoms with Crippen LogP contribution in [0.5, 0.6) is 0 Å². The van der Waals surface area contributed by atoms with Gasteiger partial charge in [-0.2, -0.15) is 0 Å². The number of halogens is 2. The molecular weight excluding hydrogens is 411 g/mol. The first-order valence-corrected chi connectivity index (χ1v) is 11.1. The van der Waals surface area contributed by atoms with Crippen molar-refractivity contribution in [1.29, 1.82) is 0 Å². The van der Waals surface area contributed by atoms with E-state index in [1.165, 1.54) is 49.2 Å². The van der Waals surface area contributed by atoms with Gasteiger partial charge in [0, 0.05) is 23.7 Å². The van der Waals surface area contributed by atoms with Crippen molar-refractivity contribution in [1.82, 2.24) is 4.90 Å². The molecule has 29 heavy (non-hydrogen) atoms. The third kappa shape index (κ3) is 5.73. The Balaban J connectivity index is 1.64. The predicted molar refractivity (Wildman–Crippen MR) is 116 cm³/mol. The van der Waals surface area contributed by atoms with Gasteiger partial charge in [-0.05, 0) is 43.2 Å². The maximum Gasteiger partial charge on any atom is 0.256 e. The zero-order chi connectivity index (χ0) is 20.8. The highest BCUT2D eigenvalue weighted by atomic mass is 35.5. The molecule has 1 aliphatic rings. The van der Waals surface area contributed by atoms with E-state index in [9.17, 15) is 14.0 Å². The second-order valence-electron chi connectivity index (χ2n) is 7.16. The summed E-state index contributed by atoms with van der Waals surface area (Å²) in [5, 5.41) is 2.68. The lowest BCUT2D eigenvalue weighted by molar-refractivity contribution is -0.129. The van der Waals surface area contributed by atoms with Crippen molar-refractivity contribution in [3.63, 3.8) is 0 Å². The number of carbonyl (C=O) groups excluding carboxylic acids is 2. The average Bonchev–Trinajstić information content (AvgIpc) is 2.75. The van der Waals surface area contributed by atoms with Crippen molar-refractivity contribution in [2.24, 2.45) is 0 Å². The highest BCUT2D eigenvalue weighted by Crippen LogP contribution is 2.27. The van der Waals surface area contributed by atoms with Crippen LogP contribution in [0.2, 0.25) is 5.02 Å². The lowest BCUT2D eigenvalue weighted by Crippen LogP contribution is -2.39. The molecule has 2 aromatic carbocycles. The van der Waals surface area contributed by atoms with Gasteiger partial charge in [0.1, 0.15) is 5.82 Å². The third-order valence-electron chi connectivity index (χ3n) is 5.18. The van der Waals surface area contributed by atoms with E-state index in [1.54, 1.807) is 12.1 Å². The number of carbonyl (C=O) groups is 2. The van der Waals surface area contributed by atoms with E-state index in [1.807, 2.05) is 24.1 Å². The Morgan fingerprint density at radius 2 is 1.90 bits per heavy atom. The lowest BCUT2D eigenvalue weighted by atomic mass is 9.94. The average molecular weight is 435 g/mol.